The minimum Gasteiger partial charge on any atom is -0.284 e. The van der Waals surface area contributed by atoms with Crippen LogP contribution in [0.15, 0.2) is 47.6 Å². The number of carbonyl (C=O) groups is 1. The molecule has 1 atom stereocenters. The number of anilines is 1. The molecular weight excluding hydrogens is 405 g/mol. The molecule has 1 amide bonds. The number of hydrogen-bond donors (Lipinski definition) is 1. The van der Waals surface area contributed by atoms with Crippen molar-refractivity contribution in [2.24, 2.45) is 5.10 Å². The SMILES string of the molecule is CCS(=O)(=O)Nc1cccc(C2=NN(C(C)=O)[C@H](c3ccc(F)c(Cl)c3)C2)c1. The lowest BCUT2D eigenvalue weighted by atomic mass is 9.98. The summed E-state index contributed by atoms with van der Waals surface area (Å²) in [7, 11) is -3.40. The summed E-state index contributed by atoms with van der Waals surface area (Å²) in [6.07, 6.45) is 0.394. The van der Waals surface area contributed by atoms with E-state index in [2.05, 4.69) is 9.82 Å². The first-order chi connectivity index (χ1) is 13.2. The van der Waals surface area contributed by atoms with Crippen LogP contribution in [0.5, 0.6) is 0 Å². The van der Waals surface area contributed by atoms with Gasteiger partial charge in [-0.15, -0.1) is 0 Å². The molecule has 2 aromatic rings. The van der Waals surface area contributed by atoms with Gasteiger partial charge >= 0.3 is 0 Å². The maximum atomic E-state index is 13.5. The monoisotopic (exact) mass is 423 g/mol. The van der Waals surface area contributed by atoms with E-state index in [1.54, 1.807) is 37.3 Å². The Labute approximate surface area is 168 Å². The quantitative estimate of drug-likeness (QED) is 0.791. The van der Waals surface area contributed by atoms with Crippen molar-refractivity contribution in [3.8, 4) is 0 Å². The van der Waals surface area contributed by atoms with E-state index in [9.17, 15) is 17.6 Å². The van der Waals surface area contributed by atoms with Crippen molar-refractivity contribution >= 4 is 38.9 Å². The maximum absolute atomic E-state index is 13.5. The Morgan fingerprint density at radius 3 is 2.71 bits per heavy atom. The third-order valence-electron chi connectivity index (χ3n) is 4.41. The van der Waals surface area contributed by atoms with Crippen LogP contribution in [0.1, 0.15) is 37.4 Å². The highest BCUT2D eigenvalue weighted by molar-refractivity contribution is 7.92. The highest BCUT2D eigenvalue weighted by Crippen LogP contribution is 2.34. The van der Waals surface area contributed by atoms with Crippen LogP contribution in [0, 0.1) is 5.82 Å². The molecule has 3 rings (SSSR count). The molecule has 0 fully saturated rings. The lowest BCUT2D eigenvalue weighted by Gasteiger charge is -2.20. The summed E-state index contributed by atoms with van der Waals surface area (Å²) in [5.74, 6) is -0.831. The molecule has 9 heteroatoms. The van der Waals surface area contributed by atoms with Crippen LogP contribution < -0.4 is 4.72 Å². The van der Waals surface area contributed by atoms with E-state index in [4.69, 9.17) is 11.6 Å². The Bertz CT molecular complexity index is 1060. The molecule has 6 nitrogen and oxygen atoms in total. The summed E-state index contributed by atoms with van der Waals surface area (Å²) in [5, 5.41) is 5.72. The number of amides is 1. The maximum Gasteiger partial charge on any atom is 0.240 e. The molecule has 0 aromatic heterocycles. The molecule has 1 aliphatic rings. The molecule has 2 aromatic carbocycles. The van der Waals surface area contributed by atoms with Gasteiger partial charge in [-0.05, 0) is 42.3 Å². The second-order valence-electron chi connectivity index (χ2n) is 6.39. The van der Waals surface area contributed by atoms with E-state index in [1.165, 1.54) is 24.1 Å². The molecule has 0 saturated heterocycles. The van der Waals surface area contributed by atoms with Crippen molar-refractivity contribution in [2.75, 3.05) is 10.5 Å². The molecule has 0 bridgehead atoms. The van der Waals surface area contributed by atoms with Gasteiger partial charge in [0.15, 0.2) is 0 Å². The van der Waals surface area contributed by atoms with E-state index in [-0.39, 0.29) is 16.7 Å². The van der Waals surface area contributed by atoms with Gasteiger partial charge in [-0.2, -0.15) is 5.10 Å². The van der Waals surface area contributed by atoms with Crippen molar-refractivity contribution < 1.29 is 17.6 Å². The first-order valence-electron chi connectivity index (χ1n) is 8.63. The number of nitrogens with zero attached hydrogens (tertiary/aromatic N) is 2. The second kappa shape index (κ2) is 7.89. The van der Waals surface area contributed by atoms with Crippen LogP contribution in [0.2, 0.25) is 5.02 Å². The van der Waals surface area contributed by atoms with Crippen LogP contribution in [0.25, 0.3) is 0 Å². The molecule has 0 radical (unpaired) electrons. The highest BCUT2D eigenvalue weighted by Gasteiger charge is 2.31. The van der Waals surface area contributed by atoms with Crippen LogP contribution in [0.4, 0.5) is 10.1 Å². The third kappa shape index (κ3) is 4.34. The molecule has 0 saturated carbocycles. The Balaban J connectivity index is 1.92. The van der Waals surface area contributed by atoms with E-state index >= 15 is 0 Å². The molecule has 0 aliphatic carbocycles. The first-order valence-corrected chi connectivity index (χ1v) is 10.7. The number of rotatable bonds is 5. The van der Waals surface area contributed by atoms with Crippen molar-refractivity contribution in [3.05, 3.63) is 64.4 Å². The van der Waals surface area contributed by atoms with Crippen LogP contribution in [-0.2, 0) is 14.8 Å². The fraction of sp³-hybridized carbons (Fsp3) is 0.263. The first kappa shape index (κ1) is 20.3. The molecule has 148 valence electrons. The van der Waals surface area contributed by atoms with Gasteiger partial charge in [0.05, 0.1) is 22.5 Å². The average molecular weight is 424 g/mol. The number of hydrazone groups is 1. The van der Waals surface area contributed by atoms with E-state index in [1.807, 2.05) is 0 Å². The predicted molar refractivity (Wildman–Crippen MR) is 107 cm³/mol. The Hall–Kier alpha value is -2.45. The number of carbonyl (C=O) groups excluding carboxylic acids is 1. The molecule has 1 N–H and O–H groups in total. The second-order valence-corrected chi connectivity index (χ2v) is 8.81. The zero-order valence-corrected chi connectivity index (χ0v) is 16.9. The number of benzene rings is 2. The third-order valence-corrected chi connectivity index (χ3v) is 6.01. The van der Waals surface area contributed by atoms with Gasteiger partial charge in [-0.3, -0.25) is 9.52 Å². The minimum absolute atomic E-state index is 0.0228. The lowest BCUT2D eigenvalue weighted by Crippen LogP contribution is -2.24. The van der Waals surface area contributed by atoms with Crippen molar-refractivity contribution in [2.45, 2.75) is 26.3 Å². The number of halogens is 2. The normalized spacial score (nSPS) is 16.8. The Morgan fingerprint density at radius 2 is 2.07 bits per heavy atom. The largest absolute Gasteiger partial charge is 0.284 e. The fourth-order valence-electron chi connectivity index (χ4n) is 2.97. The van der Waals surface area contributed by atoms with Crippen molar-refractivity contribution in [3.63, 3.8) is 0 Å². The molecule has 28 heavy (non-hydrogen) atoms. The zero-order valence-electron chi connectivity index (χ0n) is 15.3. The summed E-state index contributed by atoms with van der Waals surface area (Å²) in [6, 6.07) is 10.7. The highest BCUT2D eigenvalue weighted by atomic mass is 35.5. The summed E-state index contributed by atoms with van der Waals surface area (Å²) in [6.45, 7) is 2.95. The summed E-state index contributed by atoms with van der Waals surface area (Å²) < 4.78 is 39.6. The van der Waals surface area contributed by atoms with E-state index in [0.717, 1.165) is 0 Å². The lowest BCUT2D eigenvalue weighted by molar-refractivity contribution is -0.130. The van der Waals surface area contributed by atoms with Gasteiger partial charge in [0, 0.05) is 19.0 Å². The fourth-order valence-corrected chi connectivity index (χ4v) is 3.79. The number of sulfonamides is 1. The predicted octanol–water partition coefficient (Wildman–Crippen LogP) is 3.94. The Morgan fingerprint density at radius 1 is 1.32 bits per heavy atom. The van der Waals surface area contributed by atoms with E-state index < -0.39 is 21.9 Å². The van der Waals surface area contributed by atoms with Crippen LogP contribution in [0.3, 0.4) is 0 Å². The van der Waals surface area contributed by atoms with Crippen LogP contribution >= 0.6 is 11.6 Å². The molecule has 1 aliphatic heterocycles. The molecule has 0 spiro atoms. The van der Waals surface area contributed by atoms with Gasteiger partial charge in [-0.25, -0.2) is 17.8 Å². The van der Waals surface area contributed by atoms with Crippen molar-refractivity contribution in [1.29, 1.82) is 0 Å². The summed E-state index contributed by atoms with van der Waals surface area (Å²) in [4.78, 5) is 12.1. The van der Waals surface area contributed by atoms with Gasteiger partial charge in [0.2, 0.25) is 15.9 Å². The van der Waals surface area contributed by atoms with Gasteiger partial charge in [0.25, 0.3) is 0 Å². The number of hydrogen-bond acceptors (Lipinski definition) is 4. The molecule has 1 heterocycles. The summed E-state index contributed by atoms with van der Waals surface area (Å²) in [5.41, 5.74) is 2.41. The van der Waals surface area contributed by atoms with Gasteiger partial charge < -0.3 is 0 Å². The standard InChI is InChI=1S/C19H19ClFN3O3S/c1-3-28(26,27)23-15-6-4-5-13(9-15)18-11-19(24(22-18)12(2)25)14-7-8-17(21)16(20)10-14/h4-10,19,23H,3,11H2,1-2H3/t19-/m0/s1. The van der Waals surface area contributed by atoms with Crippen molar-refractivity contribution in [1.82, 2.24) is 5.01 Å². The minimum atomic E-state index is -3.40. The van der Waals surface area contributed by atoms with Crippen LogP contribution in [-0.4, -0.2) is 30.8 Å². The smallest absolute Gasteiger partial charge is 0.240 e. The zero-order chi connectivity index (χ0) is 20.5. The molecule has 0 unspecified atom stereocenters. The molecular formula is C19H19ClFN3O3S. The topological polar surface area (TPSA) is 78.8 Å². The average Bonchev–Trinajstić information content (AvgIpc) is 3.10. The van der Waals surface area contributed by atoms with Gasteiger partial charge in [0.1, 0.15) is 5.82 Å². The van der Waals surface area contributed by atoms with E-state index in [0.29, 0.717) is 28.9 Å². The number of nitrogens with one attached hydrogen (secondary N) is 1. The summed E-state index contributed by atoms with van der Waals surface area (Å²) >= 11 is 5.89. The van der Waals surface area contributed by atoms with Gasteiger partial charge in [-0.1, -0.05) is 29.8 Å². The Kier molecular flexibility index (Phi) is 5.71.